The molecular weight excluding hydrogens is 304 g/mol. The second-order valence-corrected chi connectivity index (χ2v) is 6.64. The summed E-state index contributed by atoms with van der Waals surface area (Å²) < 4.78 is 0. The third kappa shape index (κ3) is 3.34. The van der Waals surface area contributed by atoms with Gasteiger partial charge in [0, 0.05) is 6.54 Å². The van der Waals surface area contributed by atoms with Gasteiger partial charge in [-0.2, -0.15) is 0 Å². The smallest absolute Gasteiger partial charge is 0.101 e. The first kappa shape index (κ1) is 15.6. The van der Waals surface area contributed by atoms with Gasteiger partial charge in [-0.1, -0.05) is 90.5 Å². The van der Waals surface area contributed by atoms with Crippen molar-refractivity contribution in [2.24, 2.45) is 4.99 Å². The second kappa shape index (κ2) is 6.94. The molecule has 0 unspecified atom stereocenters. The zero-order valence-corrected chi connectivity index (χ0v) is 14.4. The minimum Gasteiger partial charge on any atom is -0.349 e. The van der Waals surface area contributed by atoms with Crippen LogP contribution in [-0.4, -0.2) is 11.2 Å². The first-order chi connectivity index (χ1) is 12.3. The number of aryl methyl sites for hydroxylation is 1. The van der Waals surface area contributed by atoms with Crippen molar-refractivity contribution in [2.45, 2.75) is 25.6 Å². The topological polar surface area (TPSA) is 15.6 Å². The number of benzene rings is 3. The molecule has 0 saturated heterocycles. The Balaban J connectivity index is 1.68. The van der Waals surface area contributed by atoms with Crippen LogP contribution in [0.3, 0.4) is 0 Å². The lowest BCUT2D eigenvalue weighted by Gasteiger charge is -2.29. The van der Waals surface area contributed by atoms with Gasteiger partial charge in [0.05, 0.1) is 12.4 Å². The van der Waals surface area contributed by atoms with Crippen LogP contribution in [0.25, 0.3) is 0 Å². The highest BCUT2D eigenvalue weighted by atomic mass is 15.2. The van der Waals surface area contributed by atoms with Crippen LogP contribution in [0.5, 0.6) is 0 Å². The molecule has 0 fully saturated rings. The fourth-order valence-electron chi connectivity index (χ4n) is 3.60. The molecule has 3 aromatic rings. The molecule has 2 heteroatoms. The Morgan fingerprint density at radius 1 is 0.800 bits per heavy atom. The van der Waals surface area contributed by atoms with Crippen molar-refractivity contribution in [3.63, 3.8) is 0 Å². The van der Waals surface area contributed by atoms with Gasteiger partial charge in [0.2, 0.25) is 0 Å². The van der Waals surface area contributed by atoms with Crippen LogP contribution in [-0.2, 0) is 6.54 Å². The van der Waals surface area contributed by atoms with E-state index >= 15 is 0 Å². The summed E-state index contributed by atoms with van der Waals surface area (Å²) in [4.78, 5) is 7.23. The molecule has 0 aliphatic carbocycles. The SMILES string of the molecule is Cc1cccc(CN2C=N[C@@H](c3ccccc3)[C@H]2c2ccccc2)c1. The molecule has 0 spiro atoms. The second-order valence-electron chi connectivity index (χ2n) is 6.64. The lowest BCUT2D eigenvalue weighted by molar-refractivity contribution is 0.310. The average molecular weight is 326 g/mol. The van der Waals surface area contributed by atoms with Gasteiger partial charge in [-0.15, -0.1) is 0 Å². The highest BCUT2D eigenvalue weighted by molar-refractivity contribution is 5.61. The molecule has 0 saturated carbocycles. The summed E-state index contributed by atoms with van der Waals surface area (Å²) >= 11 is 0. The summed E-state index contributed by atoms with van der Waals surface area (Å²) in [6.07, 6.45) is 2.03. The number of hydrogen-bond acceptors (Lipinski definition) is 2. The third-order valence-electron chi connectivity index (χ3n) is 4.76. The van der Waals surface area contributed by atoms with E-state index in [2.05, 4.69) is 96.8 Å². The fourth-order valence-corrected chi connectivity index (χ4v) is 3.60. The number of nitrogens with zero attached hydrogens (tertiary/aromatic N) is 2. The number of aliphatic imine (C=N–C) groups is 1. The van der Waals surface area contributed by atoms with Gasteiger partial charge in [0.25, 0.3) is 0 Å². The Morgan fingerprint density at radius 2 is 1.48 bits per heavy atom. The van der Waals surface area contributed by atoms with E-state index < -0.39 is 0 Å². The van der Waals surface area contributed by atoms with Crippen LogP contribution in [0.1, 0.15) is 34.3 Å². The summed E-state index contributed by atoms with van der Waals surface area (Å²) in [5.41, 5.74) is 5.19. The molecule has 2 atom stereocenters. The Bertz CT molecular complexity index is 856. The zero-order chi connectivity index (χ0) is 17.1. The lowest BCUT2D eigenvalue weighted by Crippen LogP contribution is -2.25. The van der Waals surface area contributed by atoms with Crippen LogP contribution in [0.15, 0.2) is 89.9 Å². The van der Waals surface area contributed by atoms with E-state index in [9.17, 15) is 0 Å². The van der Waals surface area contributed by atoms with Crippen LogP contribution >= 0.6 is 0 Å². The van der Waals surface area contributed by atoms with E-state index in [1.165, 1.54) is 22.3 Å². The van der Waals surface area contributed by atoms with Crippen LogP contribution in [0.4, 0.5) is 0 Å². The Kier molecular flexibility index (Phi) is 4.34. The minimum absolute atomic E-state index is 0.133. The monoisotopic (exact) mass is 326 g/mol. The molecule has 25 heavy (non-hydrogen) atoms. The van der Waals surface area contributed by atoms with E-state index in [0.717, 1.165) is 6.54 Å². The highest BCUT2D eigenvalue weighted by Gasteiger charge is 2.33. The minimum atomic E-state index is 0.133. The highest BCUT2D eigenvalue weighted by Crippen LogP contribution is 2.40. The first-order valence-electron chi connectivity index (χ1n) is 8.76. The van der Waals surface area contributed by atoms with E-state index in [0.29, 0.717) is 0 Å². The van der Waals surface area contributed by atoms with Crippen molar-refractivity contribution in [3.05, 3.63) is 107 Å². The standard InChI is InChI=1S/C23H22N2/c1-18-9-8-10-19(15-18)16-25-17-24-22(20-11-4-2-5-12-20)23(25)21-13-6-3-7-14-21/h2-15,17,22-23H,16H2,1H3/t22-,23+/m0/s1. The maximum Gasteiger partial charge on any atom is 0.101 e. The molecule has 0 aromatic heterocycles. The Hall–Kier alpha value is -2.87. The zero-order valence-electron chi connectivity index (χ0n) is 14.4. The molecule has 0 N–H and O–H groups in total. The quantitative estimate of drug-likeness (QED) is 0.633. The van der Waals surface area contributed by atoms with E-state index in [4.69, 9.17) is 4.99 Å². The molecule has 3 aromatic carbocycles. The van der Waals surface area contributed by atoms with Gasteiger partial charge in [-0.05, 0) is 23.6 Å². The largest absolute Gasteiger partial charge is 0.349 e. The fraction of sp³-hybridized carbons (Fsp3) is 0.174. The lowest BCUT2D eigenvalue weighted by atomic mass is 9.93. The van der Waals surface area contributed by atoms with Crippen molar-refractivity contribution in [3.8, 4) is 0 Å². The van der Waals surface area contributed by atoms with Crippen molar-refractivity contribution in [1.82, 2.24) is 4.90 Å². The average Bonchev–Trinajstić information content (AvgIpc) is 3.07. The summed E-state index contributed by atoms with van der Waals surface area (Å²) in [6.45, 7) is 3.01. The molecular formula is C23H22N2. The van der Waals surface area contributed by atoms with Crippen LogP contribution in [0.2, 0.25) is 0 Å². The maximum atomic E-state index is 4.86. The van der Waals surface area contributed by atoms with E-state index in [1.54, 1.807) is 0 Å². The van der Waals surface area contributed by atoms with Crippen LogP contribution < -0.4 is 0 Å². The van der Waals surface area contributed by atoms with Gasteiger partial charge in [-0.3, -0.25) is 4.99 Å². The van der Waals surface area contributed by atoms with Crippen molar-refractivity contribution >= 4 is 6.34 Å². The molecule has 1 aliphatic heterocycles. The summed E-state index contributed by atoms with van der Waals surface area (Å²) in [7, 11) is 0. The summed E-state index contributed by atoms with van der Waals surface area (Å²) in [6, 6.07) is 30.4. The van der Waals surface area contributed by atoms with Crippen molar-refractivity contribution < 1.29 is 0 Å². The Labute approximate surface area is 149 Å². The third-order valence-corrected chi connectivity index (χ3v) is 4.76. The van der Waals surface area contributed by atoms with Gasteiger partial charge in [0.15, 0.2) is 0 Å². The summed E-state index contributed by atoms with van der Waals surface area (Å²) in [5.74, 6) is 0. The molecule has 124 valence electrons. The predicted octanol–water partition coefficient (Wildman–Crippen LogP) is 5.32. The van der Waals surface area contributed by atoms with Gasteiger partial charge in [0.1, 0.15) is 6.04 Å². The summed E-state index contributed by atoms with van der Waals surface area (Å²) in [5, 5.41) is 0. The molecule has 1 heterocycles. The predicted molar refractivity (Wildman–Crippen MR) is 104 cm³/mol. The van der Waals surface area contributed by atoms with Crippen LogP contribution in [0, 0.1) is 6.92 Å². The molecule has 0 bridgehead atoms. The molecule has 0 radical (unpaired) electrons. The first-order valence-corrected chi connectivity index (χ1v) is 8.76. The maximum absolute atomic E-state index is 4.86. The molecule has 2 nitrogen and oxygen atoms in total. The van der Waals surface area contributed by atoms with E-state index in [-0.39, 0.29) is 12.1 Å². The van der Waals surface area contributed by atoms with E-state index in [1.807, 2.05) is 6.34 Å². The number of hydrogen-bond donors (Lipinski definition) is 0. The van der Waals surface area contributed by atoms with Gasteiger partial charge < -0.3 is 4.90 Å². The van der Waals surface area contributed by atoms with Gasteiger partial charge in [-0.25, -0.2) is 0 Å². The van der Waals surface area contributed by atoms with Crippen molar-refractivity contribution in [1.29, 1.82) is 0 Å². The van der Waals surface area contributed by atoms with Gasteiger partial charge >= 0.3 is 0 Å². The molecule has 1 aliphatic rings. The number of rotatable bonds is 4. The Morgan fingerprint density at radius 3 is 2.16 bits per heavy atom. The van der Waals surface area contributed by atoms with Crippen molar-refractivity contribution in [2.75, 3.05) is 0 Å². The molecule has 0 amide bonds. The molecule has 4 rings (SSSR count). The normalized spacial score (nSPS) is 19.3.